The number of piperidine rings is 1. The summed E-state index contributed by atoms with van der Waals surface area (Å²) in [5.41, 5.74) is 8.33. The molecule has 1 aromatic carbocycles. The van der Waals surface area contributed by atoms with Gasteiger partial charge < -0.3 is 16.0 Å². The summed E-state index contributed by atoms with van der Waals surface area (Å²) < 4.78 is 0. The van der Waals surface area contributed by atoms with Gasteiger partial charge in [0.25, 0.3) is 0 Å². The van der Waals surface area contributed by atoms with E-state index in [0.29, 0.717) is 6.42 Å². The van der Waals surface area contributed by atoms with E-state index in [0.717, 1.165) is 41.9 Å². The number of fused-ring (bicyclic) bond motifs is 2. The molecule has 1 saturated carbocycles. The van der Waals surface area contributed by atoms with Crippen molar-refractivity contribution in [1.29, 1.82) is 0 Å². The van der Waals surface area contributed by atoms with Gasteiger partial charge in [0.05, 0.1) is 0 Å². The molecule has 1 aliphatic heterocycles. The second kappa shape index (κ2) is 6.06. The van der Waals surface area contributed by atoms with Crippen LogP contribution in [0.4, 0.5) is 11.4 Å². The van der Waals surface area contributed by atoms with Gasteiger partial charge in [0.15, 0.2) is 0 Å². The summed E-state index contributed by atoms with van der Waals surface area (Å²) in [7, 11) is 0. The number of rotatable bonds is 5. The van der Waals surface area contributed by atoms with Crippen LogP contribution in [0, 0.1) is 12.8 Å². The number of amides is 1. The number of nitrogens with zero attached hydrogens (tertiary/aromatic N) is 1. The van der Waals surface area contributed by atoms with Gasteiger partial charge in [-0.2, -0.15) is 0 Å². The Morgan fingerprint density at radius 2 is 2.29 bits per heavy atom. The highest BCUT2D eigenvalue weighted by Gasteiger charge is 2.36. The van der Waals surface area contributed by atoms with Crippen LogP contribution in [0.3, 0.4) is 0 Å². The maximum atomic E-state index is 12.0. The van der Waals surface area contributed by atoms with Crippen molar-refractivity contribution in [3.63, 3.8) is 0 Å². The zero-order chi connectivity index (χ0) is 14.8. The highest BCUT2D eigenvalue weighted by Crippen LogP contribution is 2.37. The average Bonchev–Trinajstić information content (AvgIpc) is 3.04. The van der Waals surface area contributed by atoms with Crippen molar-refractivity contribution in [2.45, 2.75) is 45.1 Å². The van der Waals surface area contributed by atoms with Gasteiger partial charge in [-0.25, -0.2) is 0 Å². The molecule has 0 radical (unpaired) electrons. The van der Waals surface area contributed by atoms with Crippen molar-refractivity contribution >= 4 is 17.3 Å². The van der Waals surface area contributed by atoms with Gasteiger partial charge in [-0.3, -0.25) is 4.79 Å². The van der Waals surface area contributed by atoms with E-state index in [1.165, 1.54) is 25.8 Å². The third-order valence-corrected chi connectivity index (χ3v) is 4.90. The van der Waals surface area contributed by atoms with E-state index in [1.54, 1.807) is 0 Å². The Hall–Kier alpha value is -1.55. The second-order valence-corrected chi connectivity index (χ2v) is 6.55. The predicted molar refractivity (Wildman–Crippen MR) is 86.2 cm³/mol. The summed E-state index contributed by atoms with van der Waals surface area (Å²) in [5, 5.41) is 2.98. The molecule has 4 heteroatoms. The first-order chi connectivity index (χ1) is 10.1. The molecule has 21 heavy (non-hydrogen) atoms. The fourth-order valence-corrected chi connectivity index (χ4v) is 3.78. The molecule has 2 unspecified atom stereocenters. The van der Waals surface area contributed by atoms with E-state index in [4.69, 9.17) is 5.73 Å². The van der Waals surface area contributed by atoms with Crippen LogP contribution in [0.5, 0.6) is 0 Å². The maximum Gasteiger partial charge on any atom is 0.224 e. The second-order valence-electron chi connectivity index (χ2n) is 6.55. The van der Waals surface area contributed by atoms with Crippen molar-refractivity contribution in [2.24, 2.45) is 5.92 Å². The number of likely N-dealkylation sites (tertiary alicyclic amines) is 1. The minimum Gasteiger partial charge on any atom is -0.399 e. The van der Waals surface area contributed by atoms with E-state index >= 15 is 0 Å². The molecule has 0 aromatic heterocycles. The van der Waals surface area contributed by atoms with Crippen molar-refractivity contribution in [2.75, 3.05) is 24.1 Å². The minimum atomic E-state index is 0.104. The minimum absolute atomic E-state index is 0.104. The first-order valence-corrected chi connectivity index (χ1v) is 8.02. The number of benzene rings is 1. The highest BCUT2D eigenvalue weighted by atomic mass is 16.1. The van der Waals surface area contributed by atoms with Gasteiger partial charge in [-0.1, -0.05) is 0 Å². The van der Waals surface area contributed by atoms with E-state index in [1.807, 2.05) is 25.1 Å². The van der Waals surface area contributed by atoms with E-state index in [9.17, 15) is 4.79 Å². The van der Waals surface area contributed by atoms with Crippen molar-refractivity contribution in [3.05, 3.63) is 23.8 Å². The molecule has 1 aromatic rings. The number of hydrogen-bond acceptors (Lipinski definition) is 3. The number of nitrogens with one attached hydrogen (secondary N) is 1. The Morgan fingerprint density at radius 1 is 1.43 bits per heavy atom. The quantitative estimate of drug-likeness (QED) is 0.819. The van der Waals surface area contributed by atoms with Crippen LogP contribution < -0.4 is 11.1 Å². The molecular weight excluding hydrogens is 262 g/mol. The number of carbonyl (C=O) groups is 1. The number of hydrogen-bond donors (Lipinski definition) is 2. The smallest absolute Gasteiger partial charge is 0.224 e. The maximum absolute atomic E-state index is 12.0. The molecule has 2 atom stereocenters. The van der Waals surface area contributed by atoms with Crippen molar-refractivity contribution < 1.29 is 4.79 Å². The topological polar surface area (TPSA) is 58.4 Å². The molecule has 1 saturated heterocycles. The summed E-state index contributed by atoms with van der Waals surface area (Å²) in [4.78, 5) is 14.6. The molecule has 1 heterocycles. The average molecular weight is 287 g/mol. The Morgan fingerprint density at radius 3 is 2.95 bits per heavy atom. The van der Waals surface area contributed by atoms with Crippen LogP contribution in [0.1, 0.15) is 37.7 Å². The normalized spacial score (nSPS) is 24.4. The van der Waals surface area contributed by atoms with Gasteiger partial charge in [0.1, 0.15) is 0 Å². The van der Waals surface area contributed by atoms with Gasteiger partial charge in [-0.15, -0.1) is 0 Å². The van der Waals surface area contributed by atoms with E-state index < -0.39 is 0 Å². The molecule has 3 rings (SSSR count). The lowest BCUT2D eigenvalue weighted by Gasteiger charge is -2.26. The van der Waals surface area contributed by atoms with Crippen LogP contribution >= 0.6 is 0 Å². The Labute approximate surface area is 126 Å². The first kappa shape index (κ1) is 14.4. The fourth-order valence-electron chi connectivity index (χ4n) is 3.78. The Kier molecular flexibility index (Phi) is 4.15. The predicted octanol–water partition coefficient (Wildman–Crippen LogP) is 2.78. The third kappa shape index (κ3) is 3.38. The lowest BCUT2D eigenvalue weighted by Crippen LogP contribution is -2.33. The summed E-state index contributed by atoms with van der Waals surface area (Å²) in [6, 6.07) is 6.39. The summed E-state index contributed by atoms with van der Waals surface area (Å²) in [5.74, 6) is 1.04. The summed E-state index contributed by atoms with van der Waals surface area (Å²) >= 11 is 0. The molecule has 4 nitrogen and oxygen atoms in total. The van der Waals surface area contributed by atoms with Crippen molar-refractivity contribution in [1.82, 2.24) is 4.90 Å². The molecule has 2 fully saturated rings. The van der Waals surface area contributed by atoms with Crippen molar-refractivity contribution in [3.8, 4) is 0 Å². The summed E-state index contributed by atoms with van der Waals surface area (Å²) in [6.07, 6.45) is 5.71. The molecular formula is C17H25N3O. The largest absolute Gasteiger partial charge is 0.399 e. The van der Waals surface area contributed by atoms with Crippen LogP contribution in [0.25, 0.3) is 0 Å². The number of aryl methyl sites for hydroxylation is 1. The molecule has 114 valence electrons. The zero-order valence-electron chi connectivity index (χ0n) is 12.8. The molecule has 2 bridgehead atoms. The van der Waals surface area contributed by atoms with Gasteiger partial charge in [-0.05, 0) is 68.8 Å². The standard InChI is InChI=1S/C17H25N3O/c1-12-9-14(18)5-7-16(12)19-17(21)3-2-8-20-11-13-4-6-15(20)10-13/h5,7,9,13,15H,2-4,6,8,10-11,18H2,1H3,(H,19,21). The number of nitrogen functional groups attached to an aromatic ring is 1. The number of anilines is 2. The van der Waals surface area contributed by atoms with Gasteiger partial charge in [0, 0.05) is 30.4 Å². The van der Waals surface area contributed by atoms with Crippen LogP contribution in [-0.2, 0) is 4.79 Å². The highest BCUT2D eigenvalue weighted by molar-refractivity contribution is 5.91. The fraction of sp³-hybridized carbons (Fsp3) is 0.588. The SMILES string of the molecule is Cc1cc(N)ccc1NC(=O)CCCN1CC2CCC1C2. The Balaban J connectivity index is 1.42. The van der Waals surface area contributed by atoms with Gasteiger partial charge >= 0.3 is 0 Å². The zero-order valence-corrected chi connectivity index (χ0v) is 12.8. The van der Waals surface area contributed by atoms with Crippen LogP contribution in [0.2, 0.25) is 0 Å². The molecule has 3 N–H and O–H groups in total. The number of carbonyl (C=O) groups excluding carboxylic acids is 1. The number of nitrogens with two attached hydrogens (primary N) is 1. The van der Waals surface area contributed by atoms with Crippen LogP contribution in [0.15, 0.2) is 18.2 Å². The monoisotopic (exact) mass is 287 g/mol. The Bertz CT molecular complexity index is 529. The van der Waals surface area contributed by atoms with E-state index in [-0.39, 0.29) is 5.91 Å². The molecule has 1 aliphatic carbocycles. The lowest BCUT2D eigenvalue weighted by atomic mass is 10.1. The van der Waals surface area contributed by atoms with Gasteiger partial charge in [0.2, 0.25) is 5.91 Å². The van der Waals surface area contributed by atoms with Crippen LogP contribution in [-0.4, -0.2) is 29.9 Å². The summed E-state index contributed by atoms with van der Waals surface area (Å²) in [6.45, 7) is 4.28. The molecule has 1 amide bonds. The molecule has 0 spiro atoms. The van der Waals surface area contributed by atoms with E-state index in [2.05, 4.69) is 10.2 Å². The molecule has 2 aliphatic rings. The lowest BCUT2D eigenvalue weighted by molar-refractivity contribution is -0.116. The third-order valence-electron chi connectivity index (χ3n) is 4.90. The first-order valence-electron chi connectivity index (χ1n) is 8.02.